The molecule has 0 aliphatic heterocycles. The third kappa shape index (κ3) is 8.09. The number of para-hydroxylation sites is 2. The number of carbonyl (C=O) groups is 4. The molecule has 38 heavy (non-hydrogen) atoms. The molecule has 204 valence electrons. The second-order valence-electron chi connectivity index (χ2n) is 9.87. The first-order valence-electron chi connectivity index (χ1n) is 12.1. The van der Waals surface area contributed by atoms with Gasteiger partial charge in [0.05, 0.1) is 6.42 Å². The number of nitrogens with one attached hydrogen (secondary N) is 2. The van der Waals surface area contributed by atoms with Crippen molar-refractivity contribution in [2.45, 2.75) is 58.7 Å². The Bertz CT molecular complexity index is 1180. The molecule has 0 aliphatic carbocycles. The van der Waals surface area contributed by atoms with Crippen LogP contribution in [-0.2, 0) is 19.1 Å². The number of primary amides is 1. The Balaban J connectivity index is 2.57. The van der Waals surface area contributed by atoms with Crippen molar-refractivity contribution >= 4 is 29.5 Å². The van der Waals surface area contributed by atoms with Crippen LogP contribution in [0.5, 0.6) is 5.75 Å². The fraction of sp³-hybridized carbons (Fsp3) is 0.357. The van der Waals surface area contributed by atoms with Crippen LogP contribution in [0, 0.1) is 13.8 Å². The number of aromatic hydroxyl groups is 1. The first kappa shape index (κ1) is 29.9. The molecule has 0 fully saturated rings. The number of nitrogens with two attached hydrogens (primary N) is 1. The third-order valence-corrected chi connectivity index (χ3v) is 5.52. The molecule has 2 rings (SSSR count). The van der Waals surface area contributed by atoms with Crippen LogP contribution in [-0.4, -0.2) is 52.0 Å². The van der Waals surface area contributed by atoms with Crippen LogP contribution in [0.4, 0.5) is 10.5 Å². The summed E-state index contributed by atoms with van der Waals surface area (Å²) in [5, 5.41) is 15.9. The number of hydrogen-bond donors (Lipinski definition) is 4. The number of alkyl carbamates (subject to hydrolysis) is 1. The Kier molecular flexibility index (Phi) is 10.0. The molecule has 0 saturated carbocycles. The molecule has 5 N–H and O–H groups in total. The van der Waals surface area contributed by atoms with E-state index < -0.39 is 47.9 Å². The van der Waals surface area contributed by atoms with Crippen molar-refractivity contribution in [3.05, 3.63) is 71.8 Å². The molecule has 10 nitrogen and oxygen atoms in total. The van der Waals surface area contributed by atoms with Gasteiger partial charge in [-0.25, -0.2) is 4.79 Å². The average Bonchev–Trinajstić information content (AvgIpc) is 2.80. The summed E-state index contributed by atoms with van der Waals surface area (Å²) < 4.78 is 5.24. The van der Waals surface area contributed by atoms with Crippen molar-refractivity contribution in [2.24, 2.45) is 5.73 Å². The van der Waals surface area contributed by atoms with E-state index in [9.17, 15) is 24.3 Å². The summed E-state index contributed by atoms with van der Waals surface area (Å²) in [4.78, 5) is 53.0. The number of phenolic OH excluding ortho intramolecular Hbond substituents is 1. The normalized spacial score (nSPS) is 12.6. The van der Waals surface area contributed by atoms with E-state index in [1.807, 2.05) is 32.0 Å². The molecule has 0 saturated heterocycles. The minimum Gasteiger partial charge on any atom is -0.508 e. The number of ether oxygens (including phenoxy) is 1. The van der Waals surface area contributed by atoms with Crippen LogP contribution >= 0.6 is 0 Å². The number of rotatable bonds is 10. The van der Waals surface area contributed by atoms with Gasteiger partial charge in [-0.3, -0.25) is 14.4 Å². The van der Waals surface area contributed by atoms with E-state index in [1.54, 1.807) is 32.9 Å². The minimum absolute atomic E-state index is 0.140. The van der Waals surface area contributed by atoms with Crippen molar-refractivity contribution in [1.29, 1.82) is 0 Å². The van der Waals surface area contributed by atoms with Crippen molar-refractivity contribution in [2.75, 3.05) is 11.9 Å². The highest BCUT2D eigenvalue weighted by atomic mass is 16.6. The summed E-state index contributed by atoms with van der Waals surface area (Å²) in [7, 11) is 0. The van der Waals surface area contributed by atoms with Gasteiger partial charge in [0.15, 0.2) is 0 Å². The van der Waals surface area contributed by atoms with E-state index in [1.165, 1.54) is 18.2 Å². The number of amides is 4. The van der Waals surface area contributed by atoms with Gasteiger partial charge in [0, 0.05) is 17.8 Å². The first-order valence-corrected chi connectivity index (χ1v) is 12.1. The number of anilines is 1. The molecule has 2 atom stereocenters. The Hall–Kier alpha value is -4.34. The zero-order valence-electron chi connectivity index (χ0n) is 22.4. The Morgan fingerprint density at radius 1 is 1.08 bits per heavy atom. The molecule has 0 radical (unpaired) electrons. The van der Waals surface area contributed by atoms with E-state index in [4.69, 9.17) is 10.5 Å². The lowest BCUT2D eigenvalue weighted by Crippen LogP contribution is -2.53. The van der Waals surface area contributed by atoms with Gasteiger partial charge in [-0.2, -0.15) is 0 Å². The van der Waals surface area contributed by atoms with Crippen LogP contribution in [0.1, 0.15) is 49.9 Å². The van der Waals surface area contributed by atoms with E-state index in [-0.39, 0.29) is 17.9 Å². The lowest BCUT2D eigenvalue weighted by molar-refractivity contribution is -0.141. The van der Waals surface area contributed by atoms with Gasteiger partial charge in [-0.05, 0) is 51.8 Å². The topological polar surface area (TPSA) is 151 Å². The maximum atomic E-state index is 13.8. The first-order chi connectivity index (χ1) is 17.7. The molecule has 0 bridgehead atoms. The van der Waals surface area contributed by atoms with Gasteiger partial charge in [0.2, 0.25) is 11.8 Å². The van der Waals surface area contributed by atoms with Crippen LogP contribution in [0.3, 0.4) is 0 Å². The van der Waals surface area contributed by atoms with Gasteiger partial charge in [0.1, 0.15) is 23.4 Å². The van der Waals surface area contributed by atoms with Crippen molar-refractivity contribution in [3.8, 4) is 5.75 Å². The van der Waals surface area contributed by atoms with Crippen LogP contribution < -0.4 is 16.4 Å². The third-order valence-electron chi connectivity index (χ3n) is 5.52. The van der Waals surface area contributed by atoms with Crippen LogP contribution in [0.25, 0.3) is 0 Å². The van der Waals surface area contributed by atoms with Crippen LogP contribution in [0.15, 0.2) is 55.1 Å². The highest BCUT2D eigenvalue weighted by Crippen LogP contribution is 2.32. The molecular weight excluding hydrogens is 488 g/mol. The molecule has 0 spiro atoms. The number of aryl methyl sites for hydroxylation is 2. The summed E-state index contributed by atoms with van der Waals surface area (Å²) in [6.45, 7) is 12.1. The highest BCUT2D eigenvalue weighted by molar-refractivity contribution is 6.00. The van der Waals surface area contributed by atoms with E-state index in [0.717, 1.165) is 16.0 Å². The standard InChI is InChI=1S/C28H36N4O6/c1-7-15-32(26(36)20(16-22(29)34)30-27(37)38-28(4,5)6)24(19-13-8-9-14-21(19)33)25(35)31-23-17(2)11-10-12-18(23)3/h7-14,20,24,33H,1,15-16H2,2-6H3,(H2,29,34)(H,30,37)(H,31,35). The Morgan fingerprint density at radius 2 is 1.68 bits per heavy atom. The number of hydrogen-bond acceptors (Lipinski definition) is 6. The lowest BCUT2D eigenvalue weighted by Gasteiger charge is -2.34. The molecular formula is C28H36N4O6. The molecule has 10 heteroatoms. The molecule has 4 amide bonds. The summed E-state index contributed by atoms with van der Waals surface area (Å²) in [5.41, 5.74) is 6.81. The maximum Gasteiger partial charge on any atom is 0.408 e. The molecule has 0 heterocycles. The van der Waals surface area contributed by atoms with Crippen molar-refractivity contribution in [1.82, 2.24) is 10.2 Å². The maximum absolute atomic E-state index is 13.8. The zero-order valence-corrected chi connectivity index (χ0v) is 22.4. The van der Waals surface area contributed by atoms with Gasteiger partial charge in [-0.15, -0.1) is 6.58 Å². The molecule has 2 aromatic rings. The summed E-state index contributed by atoms with van der Waals surface area (Å²) in [6, 6.07) is 8.83. The monoisotopic (exact) mass is 524 g/mol. The molecule has 2 aromatic carbocycles. The van der Waals surface area contributed by atoms with E-state index in [0.29, 0.717) is 5.69 Å². The van der Waals surface area contributed by atoms with Gasteiger partial charge < -0.3 is 31.1 Å². The zero-order chi connectivity index (χ0) is 28.6. The number of benzene rings is 2. The number of phenols is 1. The SMILES string of the molecule is C=CCN(C(=O)C(CC(N)=O)NC(=O)OC(C)(C)C)C(C(=O)Nc1c(C)cccc1C)c1ccccc1O. The Morgan fingerprint density at radius 3 is 2.21 bits per heavy atom. The lowest BCUT2D eigenvalue weighted by atomic mass is 10.00. The fourth-order valence-electron chi connectivity index (χ4n) is 3.89. The van der Waals surface area contributed by atoms with Gasteiger partial charge in [0.25, 0.3) is 5.91 Å². The smallest absolute Gasteiger partial charge is 0.408 e. The molecule has 0 aromatic heterocycles. The molecule has 0 aliphatic rings. The fourth-order valence-corrected chi connectivity index (χ4v) is 3.89. The highest BCUT2D eigenvalue weighted by Gasteiger charge is 2.37. The van der Waals surface area contributed by atoms with Gasteiger partial charge >= 0.3 is 6.09 Å². The van der Waals surface area contributed by atoms with Gasteiger partial charge in [-0.1, -0.05) is 42.5 Å². The summed E-state index contributed by atoms with van der Waals surface area (Å²) >= 11 is 0. The van der Waals surface area contributed by atoms with Crippen molar-refractivity contribution in [3.63, 3.8) is 0 Å². The summed E-state index contributed by atoms with van der Waals surface area (Å²) in [5.74, 6) is -2.48. The number of nitrogens with zero attached hydrogens (tertiary/aromatic N) is 1. The largest absolute Gasteiger partial charge is 0.508 e. The van der Waals surface area contributed by atoms with E-state index >= 15 is 0 Å². The minimum atomic E-state index is -1.44. The summed E-state index contributed by atoms with van der Waals surface area (Å²) in [6.07, 6.45) is -0.0845. The van der Waals surface area contributed by atoms with Crippen LogP contribution in [0.2, 0.25) is 0 Å². The second kappa shape index (κ2) is 12.8. The predicted molar refractivity (Wildman–Crippen MR) is 144 cm³/mol. The number of carbonyl (C=O) groups excluding carboxylic acids is 4. The quantitative estimate of drug-likeness (QED) is 0.349. The molecule has 2 unspecified atom stereocenters. The predicted octanol–water partition coefficient (Wildman–Crippen LogP) is 3.47. The van der Waals surface area contributed by atoms with Crippen molar-refractivity contribution < 1.29 is 29.0 Å². The van der Waals surface area contributed by atoms with E-state index in [2.05, 4.69) is 17.2 Å². The average molecular weight is 525 g/mol. The Labute approximate surface area is 222 Å². The second-order valence-corrected chi connectivity index (χ2v) is 9.87.